The normalized spacial score (nSPS) is 10.0. The van der Waals surface area contributed by atoms with Crippen LogP contribution in [-0.4, -0.2) is 27.0 Å². The van der Waals surface area contributed by atoms with Gasteiger partial charge in [-0.1, -0.05) is 0 Å². The van der Waals surface area contributed by atoms with E-state index in [1.807, 2.05) is 0 Å². The molecule has 0 saturated heterocycles. The molecule has 4 N–H and O–H groups in total. The number of aromatic nitrogens is 2. The number of hydrogen-bond acceptors (Lipinski definition) is 5. The highest BCUT2D eigenvalue weighted by Gasteiger charge is 2.09. The third-order valence-corrected chi connectivity index (χ3v) is 2.57. The van der Waals surface area contributed by atoms with E-state index in [9.17, 15) is 9.59 Å². The summed E-state index contributed by atoms with van der Waals surface area (Å²) >= 11 is 0. The highest BCUT2D eigenvalue weighted by molar-refractivity contribution is 5.97. The first-order valence-corrected chi connectivity index (χ1v) is 5.75. The van der Waals surface area contributed by atoms with Crippen LogP contribution >= 0.6 is 0 Å². The maximum Gasteiger partial charge on any atom is 0.335 e. The van der Waals surface area contributed by atoms with Crippen LogP contribution in [0.3, 0.4) is 0 Å². The van der Waals surface area contributed by atoms with Crippen LogP contribution in [0.2, 0.25) is 0 Å². The van der Waals surface area contributed by atoms with Crippen LogP contribution in [0.4, 0.5) is 5.82 Å². The largest absolute Gasteiger partial charge is 0.478 e. The van der Waals surface area contributed by atoms with Gasteiger partial charge in [0.25, 0.3) is 5.91 Å². The molecular weight excluding hydrogens is 260 g/mol. The Labute approximate surface area is 114 Å². The Morgan fingerprint density at radius 2 is 2.05 bits per heavy atom. The number of amides is 1. The second-order valence-electron chi connectivity index (χ2n) is 3.96. The lowest BCUT2D eigenvalue weighted by molar-refractivity contribution is 0.0696. The Morgan fingerprint density at radius 1 is 1.25 bits per heavy atom. The van der Waals surface area contributed by atoms with Crippen molar-refractivity contribution in [2.24, 2.45) is 5.73 Å². The molecule has 0 fully saturated rings. The molecule has 0 unspecified atom stereocenters. The molecule has 0 saturated carbocycles. The van der Waals surface area contributed by atoms with Crippen molar-refractivity contribution in [3.05, 3.63) is 53.5 Å². The van der Waals surface area contributed by atoms with Crippen LogP contribution in [0, 0.1) is 0 Å². The number of nitrogens with two attached hydrogens (primary N) is 1. The van der Waals surface area contributed by atoms with Crippen molar-refractivity contribution in [3.63, 3.8) is 0 Å². The fourth-order valence-electron chi connectivity index (χ4n) is 1.63. The Balaban J connectivity index is 2.15. The molecule has 0 atom stereocenters. The second-order valence-corrected chi connectivity index (χ2v) is 3.96. The smallest absolute Gasteiger partial charge is 0.335 e. The van der Waals surface area contributed by atoms with Crippen LogP contribution in [0.15, 0.2) is 36.7 Å². The van der Waals surface area contributed by atoms with Crippen molar-refractivity contribution in [2.75, 3.05) is 5.32 Å². The van der Waals surface area contributed by atoms with Crippen LogP contribution in [0.25, 0.3) is 0 Å². The molecule has 2 aromatic heterocycles. The van der Waals surface area contributed by atoms with E-state index in [1.165, 1.54) is 24.5 Å². The Kier molecular flexibility index (Phi) is 3.90. The highest BCUT2D eigenvalue weighted by atomic mass is 16.4. The van der Waals surface area contributed by atoms with E-state index in [0.29, 0.717) is 11.5 Å². The third-order valence-electron chi connectivity index (χ3n) is 2.57. The van der Waals surface area contributed by atoms with Crippen molar-refractivity contribution >= 4 is 17.7 Å². The van der Waals surface area contributed by atoms with Gasteiger partial charge in [-0.25, -0.2) is 9.78 Å². The van der Waals surface area contributed by atoms with Gasteiger partial charge in [0.05, 0.1) is 23.4 Å². The molecule has 0 radical (unpaired) electrons. The molecular formula is C13H12N4O3. The fourth-order valence-corrected chi connectivity index (χ4v) is 1.63. The number of carbonyl (C=O) groups is 2. The number of carboxylic acid groups (broad SMARTS) is 1. The summed E-state index contributed by atoms with van der Waals surface area (Å²) in [5, 5.41) is 11.8. The summed E-state index contributed by atoms with van der Waals surface area (Å²) in [4.78, 5) is 30.1. The fraction of sp³-hybridized carbons (Fsp3) is 0.0769. The summed E-state index contributed by atoms with van der Waals surface area (Å²) in [6.45, 7) is 0.235. The predicted molar refractivity (Wildman–Crippen MR) is 71.3 cm³/mol. The molecule has 2 aromatic rings. The van der Waals surface area contributed by atoms with Gasteiger partial charge in [0.15, 0.2) is 0 Å². The van der Waals surface area contributed by atoms with Gasteiger partial charge in [-0.15, -0.1) is 0 Å². The Morgan fingerprint density at radius 3 is 2.75 bits per heavy atom. The zero-order chi connectivity index (χ0) is 14.5. The van der Waals surface area contributed by atoms with E-state index >= 15 is 0 Å². The SMILES string of the molecule is NC(=O)c1cccnc1NCc1cc(C(=O)O)ccn1. The lowest BCUT2D eigenvalue weighted by atomic mass is 10.2. The van der Waals surface area contributed by atoms with Gasteiger partial charge >= 0.3 is 5.97 Å². The van der Waals surface area contributed by atoms with Crippen LogP contribution in [-0.2, 0) is 6.54 Å². The number of nitrogens with one attached hydrogen (secondary N) is 1. The van der Waals surface area contributed by atoms with Crippen molar-refractivity contribution in [2.45, 2.75) is 6.54 Å². The average Bonchev–Trinajstić information content (AvgIpc) is 2.45. The van der Waals surface area contributed by atoms with Crippen molar-refractivity contribution < 1.29 is 14.7 Å². The molecule has 0 aliphatic carbocycles. The summed E-state index contributed by atoms with van der Waals surface area (Å²) < 4.78 is 0. The number of aromatic carboxylic acids is 1. The van der Waals surface area contributed by atoms with Crippen LogP contribution in [0.1, 0.15) is 26.4 Å². The summed E-state index contributed by atoms with van der Waals surface area (Å²) in [6, 6.07) is 6.01. The lowest BCUT2D eigenvalue weighted by Crippen LogP contribution is -2.15. The standard InChI is InChI=1S/C13H12N4O3/c14-11(18)10-2-1-4-16-12(10)17-7-9-6-8(13(19)20)3-5-15-9/h1-6H,7H2,(H2,14,18)(H,16,17)(H,19,20). The summed E-state index contributed by atoms with van der Waals surface area (Å²) in [5.74, 6) is -1.28. The zero-order valence-corrected chi connectivity index (χ0v) is 10.4. The number of hydrogen-bond donors (Lipinski definition) is 3. The van der Waals surface area contributed by atoms with Crippen molar-refractivity contribution in [1.82, 2.24) is 9.97 Å². The number of primary amides is 1. The molecule has 2 rings (SSSR count). The second kappa shape index (κ2) is 5.79. The molecule has 0 aliphatic rings. The molecule has 0 bridgehead atoms. The van der Waals surface area contributed by atoms with E-state index in [-0.39, 0.29) is 17.7 Å². The number of pyridine rings is 2. The van der Waals surface area contributed by atoms with Gasteiger partial charge in [0.2, 0.25) is 0 Å². The molecule has 20 heavy (non-hydrogen) atoms. The quantitative estimate of drug-likeness (QED) is 0.743. The lowest BCUT2D eigenvalue weighted by Gasteiger charge is -2.08. The van der Waals surface area contributed by atoms with Gasteiger partial charge in [0.1, 0.15) is 5.82 Å². The number of carbonyl (C=O) groups excluding carboxylic acids is 1. The average molecular weight is 272 g/mol. The van der Waals surface area contributed by atoms with Gasteiger partial charge in [-0.3, -0.25) is 9.78 Å². The molecule has 7 nitrogen and oxygen atoms in total. The third kappa shape index (κ3) is 3.08. The molecule has 0 aliphatic heterocycles. The van der Waals surface area contributed by atoms with Crippen molar-refractivity contribution in [1.29, 1.82) is 0 Å². The molecule has 7 heteroatoms. The summed E-state index contributed by atoms with van der Waals surface area (Å²) in [5.41, 5.74) is 6.17. The highest BCUT2D eigenvalue weighted by Crippen LogP contribution is 2.12. The summed E-state index contributed by atoms with van der Waals surface area (Å²) in [6.07, 6.45) is 2.93. The van der Waals surface area contributed by atoms with E-state index in [2.05, 4.69) is 15.3 Å². The van der Waals surface area contributed by atoms with E-state index in [4.69, 9.17) is 10.8 Å². The molecule has 1 amide bonds. The Hall–Kier alpha value is -2.96. The summed E-state index contributed by atoms with van der Waals surface area (Å²) in [7, 11) is 0. The minimum atomic E-state index is -1.02. The number of nitrogens with zero attached hydrogens (tertiary/aromatic N) is 2. The monoisotopic (exact) mass is 272 g/mol. The van der Waals surface area contributed by atoms with Gasteiger partial charge in [0, 0.05) is 12.4 Å². The van der Waals surface area contributed by atoms with E-state index in [0.717, 1.165) is 0 Å². The Bertz CT molecular complexity index is 658. The molecule has 0 spiro atoms. The van der Waals surface area contributed by atoms with Gasteiger partial charge in [-0.05, 0) is 24.3 Å². The molecule has 0 aromatic carbocycles. The van der Waals surface area contributed by atoms with Crippen molar-refractivity contribution in [3.8, 4) is 0 Å². The van der Waals surface area contributed by atoms with Gasteiger partial charge in [-0.2, -0.15) is 0 Å². The minimum absolute atomic E-state index is 0.146. The first-order chi connectivity index (χ1) is 9.58. The zero-order valence-electron chi connectivity index (χ0n) is 10.4. The van der Waals surface area contributed by atoms with Crippen LogP contribution < -0.4 is 11.1 Å². The number of anilines is 1. The van der Waals surface area contributed by atoms with E-state index < -0.39 is 11.9 Å². The predicted octanol–water partition coefficient (Wildman–Crippen LogP) is 0.886. The topological polar surface area (TPSA) is 118 Å². The first-order valence-electron chi connectivity index (χ1n) is 5.75. The first kappa shape index (κ1) is 13.5. The minimum Gasteiger partial charge on any atom is -0.478 e. The molecule has 2 heterocycles. The molecule has 102 valence electrons. The maximum atomic E-state index is 11.2. The van der Waals surface area contributed by atoms with Crippen LogP contribution in [0.5, 0.6) is 0 Å². The number of carboxylic acids is 1. The maximum absolute atomic E-state index is 11.2. The van der Waals surface area contributed by atoms with Gasteiger partial charge < -0.3 is 16.2 Å². The van der Waals surface area contributed by atoms with E-state index in [1.54, 1.807) is 12.1 Å². The number of rotatable bonds is 5.